The molecule has 2 aliphatic rings. The van der Waals surface area contributed by atoms with E-state index in [0.717, 1.165) is 44.6 Å². The van der Waals surface area contributed by atoms with Crippen molar-refractivity contribution in [2.45, 2.75) is 44.7 Å². The monoisotopic (exact) mass is 401 g/mol. The highest BCUT2D eigenvalue weighted by molar-refractivity contribution is 7.98. The van der Waals surface area contributed by atoms with Gasteiger partial charge in [0.05, 0.1) is 6.54 Å². The van der Waals surface area contributed by atoms with E-state index in [9.17, 15) is 4.79 Å². The second-order valence-electron chi connectivity index (χ2n) is 7.99. The number of benzene rings is 1. The molecular formula is C23H35N3OS. The second kappa shape index (κ2) is 11.0. The SMILES string of the molecule is CC/C(=C\c1ccccc1)[C@@H]1C[C@H]1NC1CCN(CC(=O)NCCSC)CC1. The number of rotatable bonds is 10. The van der Waals surface area contributed by atoms with Gasteiger partial charge in [0.2, 0.25) is 5.91 Å². The summed E-state index contributed by atoms with van der Waals surface area (Å²) in [6.07, 6.45) is 9.13. The maximum absolute atomic E-state index is 12.0. The maximum Gasteiger partial charge on any atom is 0.234 e. The van der Waals surface area contributed by atoms with Crippen LogP contribution >= 0.6 is 11.8 Å². The molecule has 1 saturated carbocycles. The predicted octanol–water partition coefficient (Wildman–Crippen LogP) is 3.40. The van der Waals surface area contributed by atoms with Crippen LogP contribution in [0.5, 0.6) is 0 Å². The lowest BCUT2D eigenvalue weighted by Gasteiger charge is -2.32. The summed E-state index contributed by atoms with van der Waals surface area (Å²) >= 11 is 1.76. The molecule has 0 radical (unpaired) electrons. The number of thioether (sulfide) groups is 1. The summed E-state index contributed by atoms with van der Waals surface area (Å²) in [6.45, 7) is 5.63. The number of nitrogens with one attached hydrogen (secondary N) is 2. The second-order valence-corrected chi connectivity index (χ2v) is 8.98. The topological polar surface area (TPSA) is 44.4 Å². The van der Waals surface area contributed by atoms with Crippen LogP contribution in [0, 0.1) is 5.92 Å². The number of carbonyl (C=O) groups is 1. The quantitative estimate of drug-likeness (QED) is 0.590. The lowest BCUT2D eigenvalue weighted by molar-refractivity contribution is -0.122. The minimum absolute atomic E-state index is 0.168. The fourth-order valence-corrected chi connectivity index (χ4v) is 4.44. The zero-order chi connectivity index (χ0) is 19.8. The van der Waals surface area contributed by atoms with Gasteiger partial charge in [-0.1, -0.05) is 48.9 Å². The Balaban J connectivity index is 1.38. The van der Waals surface area contributed by atoms with Crippen molar-refractivity contribution in [3.8, 4) is 0 Å². The van der Waals surface area contributed by atoms with Gasteiger partial charge in [0, 0.05) is 37.5 Å². The molecule has 1 heterocycles. The van der Waals surface area contributed by atoms with Gasteiger partial charge in [-0.3, -0.25) is 9.69 Å². The zero-order valence-electron chi connectivity index (χ0n) is 17.3. The third-order valence-electron chi connectivity index (χ3n) is 5.86. The molecule has 0 spiro atoms. The van der Waals surface area contributed by atoms with Crippen molar-refractivity contribution in [2.24, 2.45) is 5.92 Å². The van der Waals surface area contributed by atoms with Crippen molar-refractivity contribution < 1.29 is 4.79 Å². The van der Waals surface area contributed by atoms with Gasteiger partial charge in [0.25, 0.3) is 0 Å². The third kappa shape index (κ3) is 6.64. The van der Waals surface area contributed by atoms with Gasteiger partial charge in [0.15, 0.2) is 0 Å². The van der Waals surface area contributed by atoms with E-state index in [-0.39, 0.29) is 5.91 Å². The number of amides is 1. The average Bonchev–Trinajstić information content (AvgIpc) is 3.47. The number of piperidine rings is 1. The molecule has 0 aromatic heterocycles. The van der Waals surface area contributed by atoms with Crippen LogP contribution in [-0.4, -0.2) is 61.1 Å². The third-order valence-corrected chi connectivity index (χ3v) is 6.47. The smallest absolute Gasteiger partial charge is 0.234 e. The van der Waals surface area contributed by atoms with Crippen LogP contribution in [0.3, 0.4) is 0 Å². The summed E-state index contributed by atoms with van der Waals surface area (Å²) in [5.74, 6) is 1.85. The standard InChI is InChI=1S/C23H35N3OS/c1-3-19(15-18-7-5-4-6-8-18)21-16-22(21)25-20-9-12-26(13-10-20)17-23(27)24-11-14-28-2/h4-8,15,20-22,25H,3,9-14,16-17H2,1-2H3,(H,24,27)/b19-15+/t21-,22+/m0/s1. The molecule has 1 saturated heterocycles. The molecule has 1 amide bonds. The fraction of sp³-hybridized carbons (Fsp3) is 0.609. The molecular weight excluding hydrogens is 366 g/mol. The molecule has 154 valence electrons. The van der Waals surface area contributed by atoms with E-state index in [0.29, 0.717) is 24.5 Å². The van der Waals surface area contributed by atoms with E-state index in [4.69, 9.17) is 0 Å². The molecule has 2 fully saturated rings. The maximum atomic E-state index is 12.0. The minimum Gasteiger partial charge on any atom is -0.354 e. The zero-order valence-corrected chi connectivity index (χ0v) is 18.1. The van der Waals surface area contributed by atoms with Crippen LogP contribution in [0.4, 0.5) is 0 Å². The van der Waals surface area contributed by atoms with E-state index < -0.39 is 0 Å². The van der Waals surface area contributed by atoms with Crippen LogP contribution in [0.25, 0.3) is 6.08 Å². The molecule has 2 atom stereocenters. The lowest BCUT2D eigenvalue weighted by atomic mass is 10.0. The van der Waals surface area contributed by atoms with Crippen LogP contribution in [0.1, 0.15) is 38.2 Å². The van der Waals surface area contributed by atoms with E-state index in [1.807, 2.05) is 0 Å². The number of hydrogen-bond donors (Lipinski definition) is 2. The van der Waals surface area contributed by atoms with E-state index in [1.54, 1.807) is 17.3 Å². The molecule has 3 rings (SSSR count). The summed E-state index contributed by atoms with van der Waals surface area (Å²) in [5.41, 5.74) is 2.89. The first-order valence-electron chi connectivity index (χ1n) is 10.7. The minimum atomic E-state index is 0.168. The number of likely N-dealkylation sites (tertiary alicyclic amines) is 1. The Morgan fingerprint density at radius 1 is 1.25 bits per heavy atom. The highest BCUT2D eigenvalue weighted by Gasteiger charge is 2.40. The Hall–Kier alpha value is -1.30. The van der Waals surface area contributed by atoms with Gasteiger partial charge in [-0.25, -0.2) is 0 Å². The Bertz CT molecular complexity index is 641. The van der Waals surface area contributed by atoms with Gasteiger partial charge in [0.1, 0.15) is 0 Å². The Labute approximate surface area is 174 Å². The van der Waals surface area contributed by atoms with Crippen molar-refractivity contribution >= 4 is 23.7 Å². The molecule has 28 heavy (non-hydrogen) atoms. The van der Waals surface area contributed by atoms with Crippen LogP contribution in [0.15, 0.2) is 35.9 Å². The first kappa shape index (κ1) is 21.4. The molecule has 1 aliphatic heterocycles. The first-order chi connectivity index (χ1) is 13.7. The van der Waals surface area contributed by atoms with Crippen LogP contribution in [-0.2, 0) is 4.79 Å². The van der Waals surface area contributed by atoms with Crippen molar-refractivity contribution in [3.63, 3.8) is 0 Å². The van der Waals surface area contributed by atoms with Gasteiger partial charge in [-0.05, 0) is 43.4 Å². The normalized spacial score (nSPS) is 23.6. The van der Waals surface area contributed by atoms with Crippen LogP contribution in [0.2, 0.25) is 0 Å². The largest absolute Gasteiger partial charge is 0.354 e. The van der Waals surface area contributed by atoms with Crippen molar-refractivity contribution in [1.29, 1.82) is 0 Å². The van der Waals surface area contributed by atoms with E-state index >= 15 is 0 Å². The summed E-state index contributed by atoms with van der Waals surface area (Å²) in [5, 5.41) is 6.89. The van der Waals surface area contributed by atoms with Crippen molar-refractivity contribution in [2.75, 3.05) is 38.2 Å². The summed E-state index contributed by atoms with van der Waals surface area (Å²) in [7, 11) is 0. The number of carbonyl (C=O) groups excluding carboxylic acids is 1. The molecule has 1 aromatic carbocycles. The highest BCUT2D eigenvalue weighted by Crippen LogP contribution is 2.40. The fourth-order valence-electron chi connectivity index (χ4n) is 4.14. The highest BCUT2D eigenvalue weighted by atomic mass is 32.2. The lowest BCUT2D eigenvalue weighted by Crippen LogP contribution is -2.47. The Kier molecular flexibility index (Phi) is 8.44. The number of nitrogens with zero attached hydrogens (tertiary/aromatic N) is 1. The van der Waals surface area contributed by atoms with Crippen LogP contribution < -0.4 is 10.6 Å². The van der Waals surface area contributed by atoms with E-state index in [2.05, 4.69) is 65.1 Å². The average molecular weight is 402 g/mol. The predicted molar refractivity (Wildman–Crippen MR) is 121 cm³/mol. The van der Waals surface area contributed by atoms with E-state index in [1.165, 1.54) is 12.0 Å². The molecule has 4 nitrogen and oxygen atoms in total. The van der Waals surface area contributed by atoms with Crippen molar-refractivity contribution in [1.82, 2.24) is 15.5 Å². The molecule has 1 aromatic rings. The molecule has 1 aliphatic carbocycles. The first-order valence-corrected chi connectivity index (χ1v) is 12.1. The van der Waals surface area contributed by atoms with Gasteiger partial charge < -0.3 is 10.6 Å². The van der Waals surface area contributed by atoms with Gasteiger partial charge in [-0.2, -0.15) is 11.8 Å². The van der Waals surface area contributed by atoms with Gasteiger partial charge >= 0.3 is 0 Å². The molecule has 0 bridgehead atoms. The summed E-state index contributed by atoms with van der Waals surface area (Å²) in [6, 6.07) is 11.9. The Morgan fingerprint density at radius 2 is 2.00 bits per heavy atom. The summed E-state index contributed by atoms with van der Waals surface area (Å²) < 4.78 is 0. The molecule has 0 unspecified atom stereocenters. The molecule has 5 heteroatoms. The van der Waals surface area contributed by atoms with Gasteiger partial charge in [-0.15, -0.1) is 0 Å². The molecule has 2 N–H and O–H groups in total. The number of hydrogen-bond acceptors (Lipinski definition) is 4. The van der Waals surface area contributed by atoms with Crippen molar-refractivity contribution in [3.05, 3.63) is 41.5 Å². The Morgan fingerprint density at radius 3 is 2.68 bits per heavy atom. The summed E-state index contributed by atoms with van der Waals surface area (Å²) in [4.78, 5) is 14.3.